The van der Waals surface area contributed by atoms with Gasteiger partial charge < -0.3 is 15.1 Å². The smallest absolute Gasteiger partial charge is 0.230 e. The summed E-state index contributed by atoms with van der Waals surface area (Å²) < 4.78 is 5.73. The van der Waals surface area contributed by atoms with Gasteiger partial charge in [-0.15, -0.1) is 0 Å². The van der Waals surface area contributed by atoms with Gasteiger partial charge in [0.15, 0.2) is 16.3 Å². The Labute approximate surface area is 183 Å². The lowest BCUT2D eigenvalue weighted by Crippen LogP contribution is -2.39. The lowest BCUT2D eigenvalue weighted by atomic mass is 10.1. The number of aromatic nitrogens is 2. The number of carbonyl (C=O) groups excluding carboxylic acids is 1. The number of nitrogens with one attached hydrogen (secondary N) is 2. The van der Waals surface area contributed by atoms with Crippen LogP contribution in [0.1, 0.15) is 11.1 Å². The third-order valence-electron chi connectivity index (χ3n) is 4.35. The molecule has 0 spiro atoms. The number of rotatable bonds is 5. The molecule has 0 radical (unpaired) electrons. The standard InChI is InChI=1S/C22H17ClN4O2S/c23-17-9-5-14(6-10-17)12-19(28)26-22(30)25-13-15-3-7-16(8-4-15)21-27-20-18(29-21)2-1-11-24-20/h1-11H,12-13H2,(H2,25,26,28,30). The lowest BCUT2D eigenvalue weighted by Gasteiger charge is -2.10. The third kappa shape index (κ3) is 5.00. The van der Waals surface area contributed by atoms with E-state index in [9.17, 15) is 4.79 Å². The average Bonchev–Trinajstić information content (AvgIpc) is 3.18. The van der Waals surface area contributed by atoms with Gasteiger partial charge in [0.05, 0.1) is 6.42 Å². The molecule has 0 saturated heterocycles. The molecule has 0 aliphatic carbocycles. The number of amides is 1. The molecule has 8 heteroatoms. The van der Waals surface area contributed by atoms with Crippen molar-refractivity contribution in [2.45, 2.75) is 13.0 Å². The van der Waals surface area contributed by atoms with Crippen LogP contribution in [-0.4, -0.2) is 21.0 Å². The maximum Gasteiger partial charge on any atom is 0.230 e. The highest BCUT2D eigenvalue weighted by Crippen LogP contribution is 2.23. The largest absolute Gasteiger partial charge is 0.434 e. The summed E-state index contributed by atoms with van der Waals surface area (Å²) in [6, 6.07) is 18.5. The van der Waals surface area contributed by atoms with Gasteiger partial charge in [0.1, 0.15) is 0 Å². The van der Waals surface area contributed by atoms with Crippen molar-refractivity contribution in [3.63, 3.8) is 0 Å². The van der Waals surface area contributed by atoms with Crippen LogP contribution < -0.4 is 10.6 Å². The van der Waals surface area contributed by atoms with Crippen LogP contribution in [0.25, 0.3) is 22.7 Å². The topological polar surface area (TPSA) is 80.0 Å². The number of hydrogen-bond donors (Lipinski definition) is 2. The molecule has 2 aromatic carbocycles. The number of hydrogen-bond acceptors (Lipinski definition) is 5. The molecule has 0 aliphatic rings. The number of benzene rings is 2. The summed E-state index contributed by atoms with van der Waals surface area (Å²) in [5.74, 6) is 0.336. The maximum absolute atomic E-state index is 12.1. The van der Waals surface area contributed by atoms with Crippen molar-refractivity contribution < 1.29 is 9.21 Å². The Morgan fingerprint density at radius 1 is 1.03 bits per heavy atom. The van der Waals surface area contributed by atoms with Crippen molar-refractivity contribution in [3.8, 4) is 11.5 Å². The lowest BCUT2D eigenvalue weighted by molar-refractivity contribution is -0.119. The van der Waals surface area contributed by atoms with E-state index in [-0.39, 0.29) is 17.4 Å². The van der Waals surface area contributed by atoms with E-state index >= 15 is 0 Å². The summed E-state index contributed by atoms with van der Waals surface area (Å²) in [4.78, 5) is 20.7. The molecule has 6 nitrogen and oxygen atoms in total. The van der Waals surface area contributed by atoms with Crippen LogP contribution in [0, 0.1) is 0 Å². The third-order valence-corrected chi connectivity index (χ3v) is 4.85. The first kappa shape index (κ1) is 20.0. The monoisotopic (exact) mass is 436 g/mol. The minimum Gasteiger partial charge on any atom is -0.434 e. The second-order valence-electron chi connectivity index (χ2n) is 6.58. The Morgan fingerprint density at radius 2 is 1.77 bits per heavy atom. The number of carbonyl (C=O) groups is 1. The highest BCUT2D eigenvalue weighted by molar-refractivity contribution is 7.80. The molecular weight excluding hydrogens is 420 g/mol. The molecule has 0 unspecified atom stereocenters. The zero-order valence-corrected chi connectivity index (χ0v) is 17.3. The van der Waals surface area contributed by atoms with E-state index < -0.39 is 0 Å². The molecule has 0 bridgehead atoms. The first-order valence-electron chi connectivity index (χ1n) is 9.20. The van der Waals surface area contributed by atoms with Crippen molar-refractivity contribution in [2.24, 2.45) is 0 Å². The molecule has 0 fully saturated rings. The van der Waals surface area contributed by atoms with E-state index in [2.05, 4.69) is 20.6 Å². The number of thiocarbonyl (C=S) groups is 1. The predicted octanol–water partition coefficient (Wildman–Crippen LogP) is 4.28. The van der Waals surface area contributed by atoms with Crippen molar-refractivity contribution in [1.82, 2.24) is 20.6 Å². The number of oxazole rings is 1. The van der Waals surface area contributed by atoms with Crippen molar-refractivity contribution in [1.29, 1.82) is 0 Å². The SMILES string of the molecule is O=C(Cc1ccc(Cl)cc1)NC(=S)NCc1ccc(-c2nc3ncccc3o2)cc1. The van der Waals surface area contributed by atoms with Gasteiger partial charge in [0.2, 0.25) is 11.8 Å². The first-order chi connectivity index (χ1) is 14.6. The number of nitrogens with zero attached hydrogens (tertiary/aromatic N) is 2. The van der Waals surface area contributed by atoms with Gasteiger partial charge in [-0.1, -0.05) is 35.9 Å². The van der Waals surface area contributed by atoms with Crippen molar-refractivity contribution in [2.75, 3.05) is 0 Å². The number of halogens is 1. The summed E-state index contributed by atoms with van der Waals surface area (Å²) in [5.41, 5.74) is 3.96. The molecule has 1 amide bonds. The minimum atomic E-state index is -0.185. The number of fused-ring (bicyclic) bond motifs is 1. The Balaban J connectivity index is 1.29. The van der Waals surface area contributed by atoms with E-state index in [1.54, 1.807) is 18.3 Å². The minimum absolute atomic E-state index is 0.185. The predicted molar refractivity (Wildman–Crippen MR) is 120 cm³/mol. The molecule has 4 aromatic rings. The fourth-order valence-electron chi connectivity index (χ4n) is 2.84. The van der Waals surface area contributed by atoms with E-state index in [0.717, 1.165) is 16.7 Å². The molecule has 2 N–H and O–H groups in total. The normalized spacial score (nSPS) is 10.7. The summed E-state index contributed by atoms with van der Waals surface area (Å²) in [5, 5.41) is 6.63. The molecule has 4 rings (SSSR count). The van der Waals surface area contributed by atoms with Crippen LogP contribution in [-0.2, 0) is 17.8 Å². The molecule has 0 saturated carbocycles. The van der Waals surface area contributed by atoms with E-state index in [0.29, 0.717) is 28.7 Å². The van der Waals surface area contributed by atoms with Gasteiger partial charge in [-0.3, -0.25) is 4.79 Å². The molecular formula is C22H17ClN4O2S. The van der Waals surface area contributed by atoms with Gasteiger partial charge in [-0.25, -0.2) is 4.98 Å². The van der Waals surface area contributed by atoms with E-state index in [1.807, 2.05) is 48.5 Å². The van der Waals surface area contributed by atoms with Crippen molar-refractivity contribution in [3.05, 3.63) is 83.0 Å². The summed E-state index contributed by atoms with van der Waals surface area (Å²) >= 11 is 11.1. The van der Waals surface area contributed by atoms with Gasteiger partial charge >= 0.3 is 0 Å². The van der Waals surface area contributed by atoms with Crippen molar-refractivity contribution >= 4 is 46.1 Å². The van der Waals surface area contributed by atoms with Gasteiger partial charge in [0, 0.05) is 23.3 Å². The summed E-state index contributed by atoms with van der Waals surface area (Å²) in [6.07, 6.45) is 1.91. The zero-order valence-electron chi connectivity index (χ0n) is 15.8. The van der Waals surface area contributed by atoms with E-state index in [1.165, 1.54) is 0 Å². The Bertz CT molecular complexity index is 1160. The average molecular weight is 437 g/mol. The van der Waals surface area contributed by atoms with Gasteiger partial charge in [-0.05, 0) is 59.7 Å². The molecule has 2 aromatic heterocycles. The Hall–Kier alpha value is -3.29. The molecule has 2 heterocycles. The maximum atomic E-state index is 12.1. The quantitative estimate of drug-likeness (QED) is 0.454. The van der Waals surface area contributed by atoms with Gasteiger partial charge in [0.25, 0.3) is 0 Å². The molecule has 0 aliphatic heterocycles. The Morgan fingerprint density at radius 3 is 2.50 bits per heavy atom. The molecule has 30 heavy (non-hydrogen) atoms. The van der Waals surface area contributed by atoms with Crippen LogP contribution in [0.3, 0.4) is 0 Å². The van der Waals surface area contributed by atoms with Crippen LogP contribution in [0.5, 0.6) is 0 Å². The molecule has 150 valence electrons. The fraction of sp³-hybridized carbons (Fsp3) is 0.0909. The highest BCUT2D eigenvalue weighted by Gasteiger charge is 2.09. The summed E-state index contributed by atoms with van der Waals surface area (Å²) in [7, 11) is 0. The second-order valence-corrected chi connectivity index (χ2v) is 7.42. The van der Waals surface area contributed by atoms with Crippen LogP contribution in [0.2, 0.25) is 5.02 Å². The van der Waals surface area contributed by atoms with Crippen LogP contribution >= 0.6 is 23.8 Å². The second kappa shape index (κ2) is 9.02. The van der Waals surface area contributed by atoms with Crippen LogP contribution in [0.15, 0.2) is 71.3 Å². The molecule has 0 atom stereocenters. The highest BCUT2D eigenvalue weighted by atomic mass is 35.5. The van der Waals surface area contributed by atoms with E-state index in [4.69, 9.17) is 28.2 Å². The summed E-state index contributed by atoms with van der Waals surface area (Å²) in [6.45, 7) is 0.482. The zero-order chi connectivity index (χ0) is 20.9. The first-order valence-corrected chi connectivity index (χ1v) is 9.98. The van der Waals surface area contributed by atoms with Gasteiger partial charge in [-0.2, -0.15) is 4.98 Å². The van der Waals surface area contributed by atoms with Crippen LogP contribution in [0.4, 0.5) is 0 Å². The Kier molecular flexibility index (Phi) is 6.02. The number of pyridine rings is 1. The fourth-order valence-corrected chi connectivity index (χ4v) is 3.15.